The van der Waals surface area contributed by atoms with Crippen LogP contribution in [0, 0.1) is 0 Å². The summed E-state index contributed by atoms with van der Waals surface area (Å²) in [5, 5.41) is 1.57. The Morgan fingerprint density at radius 3 is 2.35 bits per heavy atom. The molecule has 1 unspecified atom stereocenters. The third-order valence-electron chi connectivity index (χ3n) is 10.4. The number of benzene rings is 3. The summed E-state index contributed by atoms with van der Waals surface area (Å²) in [5.41, 5.74) is 1.30. The number of nitrogens with zero attached hydrogens (tertiary/aromatic N) is 5. The maximum Gasteiger partial charge on any atom is 0.327 e. The molecule has 49 heavy (non-hydrogen) atoms. The van der Waals surface area contributed by atoms with Crippen LogP contribution in [-0.4, -0.2) is 114 Å². The average Bonchev–Trinajstić information content (AvgIpc) is 3.62. The number of anilines is 2. The number of methoxy groups -OCH3 is 1. The Labute approximate surface area is 290 Å². The molecule has 6 rings (SSSR count). The van der Waals surface area contributed by atoms with Gasteiger partial charge in [-0.15, -0.1) is 0 Å². The van der Waals surface area contributed by atoms with Crippen molar-refractivity contribution in [1.29, 1.82) is 0 Å². The largest absolute Gasteiger partial charge is 0.495 e. The summed E-state index contributed by atoms with van der Waals surface area (Å²) < 4.78 is 35.0. The predicted molar refractivity (Wildman–Crippen MR) is 194 cm³/mol. The highest BCUT2D eigenvalue weighted by molar-refractivity contribution is 7.89. The zero-order valence-corrected chi connectivity index (χ0v) is 29.9. The maximum atomic E-state index is 13.8. The van der Waals surface area contributed by atoms with Gasteiger partial charge in [-0.05, 0) is 75.8 Å². The molecule has 1 N–H and O–H groups in total. The molecular formula is C37H50N6O5S. The van der Waals surface area contributed by atoms with Crippen LogP contribution in [0.15, 0.2) is 65.6 Å². The molecule has 3 aliphatic rings. The molecule has 0 radical (unpaired) electrons. The quantitative estimate of drug-likeness (QED) is 0.180. The molecule has 264 valence electrons. The Bertz CT molecular complexity index is 1760. The molecule has 3 aromatic rings. The van der Waals surface area contributed by atoms with Gasteiger partial charge in [-0.3, -0.25) is 14.6 Å². The Balaban J connectivity index is 0.962. The number of para-hydroxylation sites is 2. The molecular weight excluding hydrogens is 641 g/mol. The van der Waals surface area contributed by atoms with Gasteiger partial charge in [-0.25, -0.2) is 17.9 Å². The number of ether oxygens (including phenoxy) is 1. The van der Waals surface area contributed by atoms with Crippen molar-refractivity contribution in [1.82, 2.24) is 19.4 Å². The van der Waals surface area contributed by atoms with Crippen LogP contribution in [0.2, 0.25) is 0 Å². The molecule has 11 nitrogen and oxygen atoms in total. The fourth-order valence-corrected chi connectivity index (χ4v) is 9.15. The van der Waals surface area contributed by atoms with Crippen LogP contribution in [0.3, 0.4) is 0 Å². The molecule has 3 aliphatic heterocycles. The van der Waals surface area contributed by atoms with Crippen LogP contribution >= 0.6 is 0 Å². The number of carbonyl (C=O) groups excluding carboxylic acids is 2. The summed E-state index contributed by atoms with van der Waals surface area (Å²) in [5.74, 6) is 0.822. The van der Waals surface area contributed by atoms with E-state index in [0.29, 0.717) is 44.2 Å². The van der Waals surface area contributed by atoms with Crippen molar-refractivity contribution in [2.24, 2.45) is 0 Å². The molecule has 0 aromatic heterocycles. The molecule has 0 bridgehead atoms. The van der Waals surface area contributed by atoms with E-state index in [9.17, 15) is 18.0 Å². The number of unbranched alkanes of at least 4 members (excludes halogenated alkanes) is 2. The summed E-state index contributed by atoms with van der Waals surface area (Å²) in [7, 11) is 1.85. The van der Waals surface area contributed by atoms with Crippen LogP contribution in [0.25, 0.3) is 10.8 Å². The van der Waals surface area contributed by atoms with Gasteiger partial charge in [0.25, 0.3) is 5.91 Å². The van der Waals surface area contributed by atoms with Crippen molar-refractivity contribution in [3.8, 4) is 5.75 Å². The third kappa shape index (κ3) is 7.09. The molecule has 3 fully saturated rings. The lowest BCUT2D eigenvalue weighted by atomic mass is 9.89. The highest BCUT2D eigenvalue weighted by Crippen LogP contribution is 2.41. The predicted octanol–water partition coefficient (Wildman–Crippen LogP) is 4.76. The maximum absolute atomic E-state index is 13.8. The van der Waals surface area contributed by atoms with Gasteiger partial charge in [0, 0.05) is 76.4 Å². The minimum atomic E-state index is -3.74. The Morgan fingerprint density at radius 1 is 0.837 bits per heavy atom. The van der Waals surface area contributed by atoms with E-state index in [2.05, 4.69) is 20.6 Å². The monoisotopic (exact) mass is 690 g/mol. The third-order valence-corrected chi connectivity index (χ3v) is 12.0. The van der Waals surface area contributed by atoms with Crippen molar-refractivity contribution in [3.05, 3.63) is 60.7 Å². The summed E-state index contributed by atoms with van der Waals surface area (Å²) in [6, 6.07) is 19.0. The minimum absolute atomic E-state index is 0.0755. The number of nitrogens with one attached hydrogen (secondary N) is 1. The van der Waals surface area contributed by atoms with Crippen molar-refractivity contribution in [2.75, 3.05) is 83.4 Å². The standard InChI is InChI=1S/C37H50N6O5S/c1-39(2)31-16-10-14-30-29(31)13-11-18-34(30)49(46,47)38-21-7-6-19-37-20-12-24-43(37)36(45)42(35(37)44)23-9-8-22-40-25-27-41(28-26-40)32-15-4-5-17-33(32)48-3/h4-5,10-11,13-18,38H,6-9,12,19-28H2,1-3H3. The average molecular weight is 691 g/mol. The highest BCUT2D eigenvalue weighted by Gasteiger charge is 2.58. The Hall–Kier alpha value is -3.87. The first kappa shape index (κ1) is 35.0. The van der Waals surface area contributed by atoms with Crippen LogP contribution in [0.4, 0.5) is 16.2 Å². The fraction of sp³-hybridized carbons (Fsp3) is 0.514. The van der Waals surface area contributed by atoms with E-state index >= 15 is 0 Å². The van der Waals surface area contributed by atoms with Crippen LogP contribution in [0.1, 0.15) is 44.9 Å². The van der Waals surface area contributed by atoms with Crippen molar-refractivity contribution < 1.29 is 22.7 Å². The lowest BCUT2D eigenvalue weighted by Crippen LogP contribution is -2.46. The molecule has 0 saturated carbocycles. The second-order valence-corrected chi connectivity index (χ2v) is 15.3. The minimum Gasteiger partial charge on any atom is -0.495 e. The van der Waals surface area contributed by atoms with Crippen LogP contribution in [0.5, 0.6) is 5.75 Å². The molecule has 3 aromatic carbocycles. The van der Waals surface area contributed by atoms with Gasteiger partial charge in [0.2, 0.25) is 10.0 Å². The summed E-state index contributed by atoms with van der Waals surface area (Å²) in [6.45, 7) is 6.04. The van der Waals surface area contributed by atoms with Crippen LogP contribution in [-0.2, 0) is 14.8 Å². The molecule has 0 spiro atoms. The fourth-order valence-electron chi connectivity index (χ4n) is 7.85. The van der Waals surface area contributed by atoms with E-state index in [4.69, 9.17) is 4.74 Å². The van der Waals surface area contributed by atoms with E-state index in [1.54, 1.807) is 24.1 Å². The van der Waals surface area contributed by atoms with E-state index in [0.717, 1.165) is 74.5 Å². The molecule has 3 heterocycles. The number of hydrogen-bond acceptors (Lipinski definition) is 8. The second-order valence-electron chi connectivity index (χ2n) is 13.6. The Kier molecular flexibility index (Phi) is 10.7. The molecule has 12 heteroatoms. The molecule has 3 amide bonds. The van der Waals surface area contributed by atoms with Gasteiger partial charge in [0.1, 0.15) is 11.3 Å². The lowest BCUT2D eigenvalue weighted by Gasteiger charge is -2.36. The number of fused-ring (bicyclic) bond motifs is 2. The number of piperazine rings is 1. The smallest absolute Gasteiger partial charge is 0.327 e. The zero-order chi connectivity index (χ0) is 34.6. The number of imide groups is 1. The van der Waals surface area contributed by atoms with Crippen molar-refractivity contribution in [3.63, 3.8) is 0 Å². The number of amides is 3. The number of urea groups is 1. The molecule has 0 aliphatic carbocycles. The van der Waals surface area contributed by atoms with E-state index in [-0.39, 0.29) is 23.4 Å². The van der Waals surface area contributed by atoms with Crippen molar-refractivity contribution in [2.45, 2.75) is 55.4 Å². The first-order valence-electron chi connectivity index (χ1n) is 17.6. The zero-order valence-electron chi connectivity index (χ0n) is 29.1. The number of hydrogen-bond donors (Lipinski definition) is 1. The van der Waals surface area contributed by atoms with Gasteiger partial charge < -0.3 is 19.4 Å². The van der Waals surface area contributed by atoms with Gasteiger partial charge in [0.15, 0.2) is 0 Å². The van der Waals surface area contributed by atoms with E-state index in [1.807, 2.05) is 61.5 Å². The second kappa shape index (κ2) is 14.9. The number of rotatable bonds is 15. The SMILES string of the molecule is COc1ccccc1N1CCN(CCCCN2C(=O)N3CCCC3(CCCCNS(=O)(=O)c3cccc4c(N(C)C)cccc34)C2=O)CC1. The first-order valence-corrected chi connectivity index (χ1v) is 19.1. The summed E-state index contributed by atoms with van der Waals surface area (Å²) in [4.78, 5) is 37.5. The van der Waals surface area contributed by atoms with Crippen LogP contribution < -0.4 is 19.3 Å². The lowest BCUT2D eigenvalue weighted by molar-refractivity contribution is -0.133. The number of carbonyl (C=O) groups is 2. The highest BCUT2D eigenvalue weighted by atomic mass is 32.2. The Morgan fingerprint density at radius 2 is 1.57 bits per heavy atom. The van der Waals surface area contributed by atoms with Gasteiger partial charge in [-0.1, -0.05) is 36.4 Å². The summed E-state index contributed by atoms with van der Waals surface area (Å²) in [6.07, 6.45) is 4.95. The summed E-state index contributed by atoms with van der Waals surface area (Å²) >= 11 is 0. The van der Waals surface area contributed by atoms with Gasteiger partial charge >= 0.3 is 6.03 Å². The topological polar surface area (TPSA) is 106 Å². The molecule has 1 atom stereocenters. The van der Waals surface area contributed by atoms with Gasteiger partial charge in [-0.2, -0.15) is 0 Å². The van der Waals surface area contributed by atoms with Gasteiger partial charge in [0.05, 0.1) is 17.7 Å². The molecule has 3 saturated heterocycles. The first-order chi connectivity index (χ1) is 23.7. The normalized spacial score (nSPS) is 20.0. The van der Waals surface area contributed by atoms with E-state index < -0.39 is 15.6 Å². The van der Waals surface area contributed by atoms with Crippen molar-refractivity contribution >= 4 is 44.1 Å². The number of sulfonamides is 1. The van der Waals surface area contributed by atoms with E-state index in [1.165, 1.54) is 4.90 Å².